The minimum atomic E-state index is 0.320. The summed E-state index contributed by atoms with van der Waals surface area (Å²) < 4.78 is 0. The molecule has 2 aliphatic rings. The number of rotatable bonds is 1. The Balaban J connectivity index is 1.99. The molecule has 0 bridgehead atoms. The Kier molecular flexibility index (Phi) is 2.39. The summed E-state index contributed by atoms with van der Waals surface area (Å²) in [6.45, 7) is 2.71. The van der Waals surface area contributed by atoms with Gasteiger partial charge in [0.15, 0.2) is 0 Å². The molecule has 3 atom stereocenters. The quantitative estimate of drug-likeness (QED) is 0.644. The average Bonchev–Trinajstić information content (AvgIpc) is 2.47. The second-order valence-electron chi connectivity index (χ2n) is 4.41. The van der Waals surface area contributed by atoms with Crippen molar-refractivity contribution >= 4 is 5.78 Å². The first-order chi connectivity index (χ1) is 6.18. The highest BCUT2D eigenvalue weighted by Crippen LogP contribution is 2.30. The maximum Gasteiger partial charge on any atom is 0.132 e. The van der Waals surface area contributed by atoms with E-state index in [9.17, 15) is 4.79 Å². The lowest BCUT2D eigenvalue weighted by atomic mass is 9.81. The first-order valence-corrected chi connectivity index (χ1v) is 5.12. The van der Waals surface area contributed by atoms with Crippen LogP contribution in [-0.2, 0) is 4.79 Å². The summed E-state index contributed by atoms with van der Waals surface area (Å²) in [7, 11) is 2.16. The molecule has 1 N–H and O–H groups in total. The molecule has 1 saturated heterocycles. The zero-order chi connectivity index (χ0) is 9.42. The molecule has 1 heterocycles. The smallest absolute Gasteiger partial charge is 0.132 e. The van der Waals surface area contributed by atoms with Crippen LogP contribution in [-0.4, -0.2) is 36.5 Å². The van der Waals surface area contributed by atoms with Gasteiger partial charge in [-0.2, -0.15) is 0 Å². The van der Waals surface area contributed by atoms with Crippen LogP contribution >= 0.6 is 0 Å². The lowest BCUT2D eigenvalue weighted by molar-refractivity contribution is -0.122. The lowest BCUT2D eigenvalue weighted by Crippen LogP contribution is -2.41. The second-order valence-corrected chi connectivity index (χ2v) is 4.41. The second kappa shape index (κ2) is 3.39. The molecule has 3 heteroatoms. The van der Waals surface area contributed by atoms with Crippen LogP contribution < -0.4 is 5.32 Å². The number of nitrogens with zero attached hydrogens (tertiary/aromatic N) is 1. The van der Waals surface area contributed by atoms with Gasteiger partial charge in [0.25, 0.3) is 0 Å². The minimum Gasteiger partial charge on any atom is -0.300 e. The Labute approximate surface area is 79.5 Å². The van der Waals surface area contributed by atoms with Gasteiger partial charge in [-0.25, -0.2) is 0 Å². The highest BCUT2D eigenvalue weighted by molar-refractivity contribution is 5.78. The molecule has 2 rings (SSSR count). The number of likely N-dealkylation sites (N-methyl/N-ethyl adjacent to an activating group) is 1. The molecule has 0 aromatic heterocycles. The molecule has 3 unspecified atom stereocenters. The fraction of sp³-hybridized carbons (Fsp3) is 0.900. The molecule has 0 amide bonds. The topological polar surface area (TPSA) is 32.3 Å². The highest BCUT2D eigenvalue weighted by Gasteiger charge is 2.37. The number of carbonyl (C=O) groups is 1. The number of hydrogen-bond acceptors (Lipinski definition) is 3. The van der Waals surface area contributed by atoms with Crippen LogP contribution in [0.1, 0.15) is 26.2 Å². The Morgan fingerprint density at radius 3 is 2.92 bits per heavy atom. The number of nitrogens with one attached hydrogen (secondary N) is 1. The third-order valence-electron chi connectivity index (χ3n) is 3.56. The Morgan fingerprint density at radius 1 is 1.46 bits per heavy atom. The third kappa shape index (κ3) is 1.63. The van der Waals surface area contributed by atoms with E-state index in [4.69, 9.17) is 0 Å². The molecule has 0 aromatic carbocycles. The van der Waals surface area contributed by atoms with Crippen molar-refractivity contribution < 1.29 is 4.79 Å². The van der Waals surface area contributed by atoms with Crippen molar-refractivity contribution in [2.75, 3.05) is 13.7 Å². The molecule has 13 heavy (non-hydrogen) atoms. The summed E-state index contributed by atoms with van der Waals surface area (Å²) >= 11 is 0. The predicted octanol–water partition coefficient (Wildman–Crippen LogP) is 0.605. The van der Waals surface area contributed by atoms with Gasteiger partial charge in [-0.1, -0.05) is 0 Å². The summed E-state index contributed by atoms with van der Waals surface area (Å²) in [4.78, 5) is 13.6. The van der Waals surface area contributed by atoms with Crippen molar-refractivity contribution in [1.29, 1.82) is 0 Å². The van der Waals surface area contributed by atoms with E-state index >= 15 is 0 Å². The van der Waals surface area contributed by atoms with E-state index in [-0.39, 0.29) is 0 Å². The summed E-state index contributed by atoms with van der Waals surface area (Å²) in [6, 6.07) is 1.24. The number of hydrogen-bond donors (Lipinski definition) is 1. The van der Waals surface area contributed by atoms with Crippen LogP contribution in [0.15, 0.2) is 0 Å². The summed E-state index contributed by atoms with van der Waals surface area (Å²) in [5.41, 5.74) is 0. The summed E-state index contributed by atoms with van der Waals surface area (Å²) in [5.74, 6) is 0.690. The molecule has 1 aliphatic carbocycles. The van der Waals surface area contributed by atoms with Gasteiger partial charge in [-0.15, -0.1) is 0 Å². The molecular formula is C10H18N2O. The molecule has 1 saturated carbocycles. The number of carbonyl (C=O) groups excluding carboxylic acids is 1. The standard InChI is InChI=1S/C10H18N2O/c1-7(13)8-3-4-10-9(5-8)11-6-12(10)2/h8-11H,3-6H2,1-2H3. The van der Waals surface area contributed by atoms with E-state index in [0.717, 1.165) is 19.5 Å². The van der Waals surface area contributed by atoms with E-state index < -0.39 is 0 Å². The van der Waals surface area contributed by atoms with Crippen molar-refractivity contribution in [3.05, 3.63) is 0 Å². The average molecular weight is 182 g/mol. The number of Topliss-reactive ketones (excluding diaryl/α,β-unsaturated/α-hetero) is 1. The van der Waals surface area contributed by atoms with Gasteiger partial charge in [0, 0.05) is 24.7 Å². The van der Waals surface area contributed by atoms with Crippen molar-refractivity contribution in [1.82, 2.24) is 10.2 Å². The largest absolute Gasteiger partial charge is 0.300 e. The fourth-order valence-corrected chi connectivity index (χ4v) is 2.65. The molecule has 0 spiro atoms. The summed E-state index contributed by atoms with van der Waals surface area (Å²) in [6.07, 6.45) is 3.31. The van der Waals surface area contributed by atoms with Crippen LogP contribution in [0.5, 0.6) is 0 Å². The van der Waals surface area contributed by atoms with Crippen LogP contribution in [0.25, 0.3) is 0 Å². The van der Waals surface area contributed by atoms with Gasteiger partial charge in [0.2, 0.25) is 0 Å². The lowest BCUT2D eigenvalue weighted by Gasteiger charge is -2.32. The Morgan fingerprint density at radius 2 is 2.23 bits per heavy atom. The number of ketones is 1. The van der Waals surface area contributed by atoms with Gasteiger partial charge < -0.3 is 0 Å². The van der Waals surface area contributed by atoms with Crippen molar-refractivity contribution in [3.63, 3.8) is 0 Å². The van der Waals surface area contributed by atoms with Gasteiger partial charge >= 0.3 is 0 Å². The highest BCUT2D eigenvalue weighted by atomic mass is 16.1. The molecule has 0 aromatic rings. The van der Waals surface area contributed by atoms with Crippen molar-refractivity contribution in [2.45, 2.75) is 38.3 Å². The molecule has 2 fully saturated rings. The summed E-state index contributed by atoms with van der Waals surface area (Å²) in [5, 5.41) is 3.47. The zero-order valence-electron chi connectivity index (χ0n) is 8.42. The molecule has 3 nitrogen and oxygen atoms in total. The third-order valence-corrected chi connectivity index (χ3v) is 3.56. The molecule has 74 valence electrons. The van der Waals surface area contributed by atoms with Crippen molar-refractivity contribution in [3.8, 4) is 0 Å². The van der Waals surface area contributed by atoms with Crippen molar-refractivity contribution in [2.24, 2.45) is 5.92 Å². The minimum absolute atomic E-state index is 0.320. The van der Waals surface area contributed by atoms with E-state index in [1.54, 1.807) is 6.92 Å². The van der Waals surface area contributed by atoms with E-state index in [1.165, 1.54) is 6.42 Å². The van der Waals surface area contributed by atoms with Crippen LogP contribution in [0.3, 0.4) is 0 Å². The maximum absolute atomic E-state index is 11.2. The van der Waals surface area contributed by atoms with E-state index in [1.807, 2.05) is 0 Å². The molecule has 0 radical (unpaired) electrons. The maximum atomic E-state index is 11.2. The van der Waals surface area contributed by atoms with Crippen LogP contribution in [0.2, 0.25) is 0 Å². The first kappa shape index (κ1) is 9.16. The van der Waals surface area contributed by atoms with E-state index in [0.29, 0.717) is 23.8 Å². The SMILES string of the molecule is CC(=O)C1CCC2C(C1)NCN2C. The zero-order valence-corrected chi connectivity index (χ0v) is 8.42. The molecular weight excluding hydrogens is 164 g/mol. The first-order valence-electron chi connectivity index (χ1n) is 5.12. The van der Waals surface area contributed by atoms with Gasteiger partial charge in [0.1, 0.15) is 5.78 Å². The van der Waals surface area contributed by atoms with Gasteiger partial charge in [-0.3, -0.25) is 15.0 Å². The normalized spacial score (nSPS) is 40.3. The van der Waals surface area contributed by atoms with E-state index in [2.05, 4.69) is 17.3 Å². The predicted molar refractivity (Wildman–Crippen MR) is 51.4 cm³/mol. The number of fused-ring (bicyclic) bond motifs is 1. The van der Waals surface area contributed by atoms with Crippen LogP contribution in [0.4, 0.5) is 0 Å². The Bertz CT molecular complexity index is 217. The van der Waals surface area contributed by atoms with Gasteiger partial charge in [-0.05, 0) is 33.2 Å². The molecule has 1 aliphatic heterocycles. The fourth-order valence-electron chi connectivity index (χ4n) is 2.65. The van der Waals surface area contributed by atoms with Crippen LogP contribution in [0, 0.1) is 5.92 Å². The van der Waals surface area contributed by atoms with Gasteiger partial charge in [0.05, 0.1) is 0 Å². The Hall–Kier alpha value is -0.410. The monoisotopic (exact) mass is 182 g/mol.